The van der Waals surface area contributed by atoms with Crippen LogP contribution in [0.2, 0.25) is 5.02 Å². The fourth-order valence-corrected chi connectivity index (χ4v) is 3.33. The minimum atomic E-state index is -0.943. The van der Waals surface area contributed by atoms with Crippen molar-refractivity contribution in [2.24, 2.45) is 10.7 Å². The van der Waals surface area contributed by atoms with Crippen molar-refractivity contribution in [3.8, 4) is 0 Å². The third kappa shape index (κ3) is 3.22. The van der Waals surface area contributed by atoms with Gasteiger partial charge in [0.1, 0.15) is 28.6 Å². The summed E-state index contributed by atoms with van der Waals surface area (Å²) in [5.74, 6) is -0.585. The van der Waals surface area contributed by atoms with Gasteiger partial charge in [0.05, 0.1) is 24.1 Å². The molecule has 3 heterocycles. The fraction of sp³-hybridized carbons (Fsp3) is 0.158. The van der Waals surface area contributed by atoms with Crippen LogP contribution in [-0.2, 0) is 12.1 Å². The molecule has 9 heteroatoms. The number of carbonyl (C=O) groups excluding carboxylic acids is 1. The molecule has 0 saturated carbocycles. The highest BCUT2D eigenvalue weighted by atomic mass is 35.5. The zero-order valence-electron chi connectivity index (χ0n) is 14.9. The number of amides is 1. The van der Waals surface area contributed by atoms with Crippen LogP contribution < -0.4 is 11.1 Å². The number of anilines is 1. The average Bonchev–Trinajstić information content (AvgIpc) is 3.12. The molecule has 1 aliphatic rings. The Bertz CT molecular complexity index is 1090. The van der Waals surface area contributed by atoms with E-state index in [-0.39, 0.29) is 11.5 Å². The van der Waals surface area contributed by atoms with Crippen LogP contribution in [0, 0.1) is 5.82 Å². The third-order valence-electron chi connectivity index (χ3n) is 4.58. The van der Waals surface area contributed by atoms with Crippen molar-refractivity contribution in [3.05, 3.63) is 76.8 Å². The molecular weight excluding hydrogens is 383 g/mol. The number of aromatic nitrogens is 3. The first-order valence-corrected chi connectivity index (χ1v) is 8.82. The standard InChI is InChI=1S/C19H16ClFN6O/c1-19(9-27-10-23-8-16(27)17(22)26-19)13-6-12(3-4-14(13)21)25-18(28)15-5-2-11(20)7-24-15/h2-8,10H,9H2,1H3,(H2,22,26)(H,25,28)/t19-/m0/s1. The van der Waals surface area contributed by atoms with Crippen molar-refractivity contribution >= 4 is 29.0 Å². The Labute approximate surface area is 165 Å². The van der Waals surface area contributed by atoms with Gasteiger partial charge in [0.25, 0.3) is 5.91 Å². The Kier molecular flexibility index (Phi) is 4.35. The highest BCUT2D eigenvalue weighted by molar-refractivity contribution is 6.30. The molecule has 1 amide bonds. The summed E-state index contributed by atoms with van der Waals surface area (Å²) in [6.45, 7) is 2.16. The summed E-state index contributed by atoms with van der Waals surface area (Å²) in [6.07, 6.45) is 4.63. The molecule has 28 heavy (non-hydrogen) atoms. The molecule has 1 aromatic carbocycles. The van der Waals surface area contributed by atoms with E-state index in [1.165, 1.54) is 24.4 Å². The van der Waals surface area contributed by atoms with E-state index in [0.717, 1.165) is 0 Å². The van der Waals surface area contributed by atoms with Gasteiger partial charge in [-0.3, -0.25) is 9.79 Å². The van der Waals surface area contributed by atoms with Crippen LogP contribution in [-0.4, -0.2) is 26.3 Å². The first kappa shape index (κ1) is 18.1. The largest absolute Gasteiger partial charge is 0.382 e. The number of halogens is 2. The molecule has 7 nitrogen and oxygen atoms in total. The van der Waals surface area contributed by atoms with Gasteiger partial charge in [-0.25, -0.2) is 14.4 Å². The number of nitrogens with zero attached hydrogens (tertiary/aromatic N) is 4. The van der Waals surface area contributed by atoms with Gasteiger partial charge in [0.15, 0.2) is 0 Å². The second-order valence-electron chi connectivity index (χ2n) is 6.69. The van der Waals surface area contributed by atoms with E-state index in [1.807, 2.05) is 4.57 Å². The lowest BCUT2D eigenvalue weighted by Gasteiger charge is -2.32. The molecule has 2 aromatic heterocycles. The van der Waals surface area contributed by atoms with E-state index in [4.69, 9.17) is 17.3 Å². The molecule has 0 unspecified atom stereocenters. The number of amidine groups is 1. The Hall–Kier alpha value is -3.26. The summed E-state index contributed by atoms with van der Waals surface area (Å²) in [4.78, 5) is 24.9. The summed E-state index contributed by atoms with van der Waals surface area (Å²) in [5.41, 5.74) is 6.72. The van der Waals surface area contributed by atoms with E-state index >= 15 is 0 Å². The molecule has 0 aliphatic carbocycles. The summed E-state index contributed by atoms with van der Waals surface area (Å²) >= 11 is 5.79. The average molecular weight is 399 g/mol. The Morgan fingerprint density at radius 1 is 1.32 bits per heavy atom. The molecule has 1 atom stereocenters. The van der Waals surface area contributed by atoms with Gasteiger partial charge in [0, 0.05) is 17.4 Å². The summed E-state index contributed by atoms with van der Waals surface area (Å²) in [6, 6.07) is 7.41. The molecular formula is C19H16ClFN6O. The first-order valence-electron chi connectivity index (χ1n) is 8.44. The van der Waals surface area contributed by atoms with E-state index in [9.17, 15) is 9.18 Å². The fourth-order valence-electron chi connectivity index (χ4n) is 3.22. The van der Waals surface area contributed by atoms with Gasteiger partial charge < -0.3 is 15.6 Å². The summed E-state index contributed by atoms with van der Waals surface area (Å²) in [7, 11) is 0. The molecule has 0 spiro atoms. The van der Waals surface area contributed by atoms with Gasteiger partial charge in [-0.2, -0.15) is 0 Å². The molecule has 4 rings (SSSR count). The van der Waals surface area contributed by atoms with E-state index in [2.05, 4.69) is 20.3 Å². The number of benzene rings is 1. The molecule has 3 aromatic rings. The number of nitrogens with two attached hydrogens (primary N) is 1. The SMILES string of the molecule is C[C@@]1(c2cc(NC(=O)c3ccc(Cl)cn3)ccc2F)Cn2cncc2C(N)=N1. The van der Waals surface area contributed by atoms with E-state index in [0.29, 0.717) is 28.5 Å². The molecule has 0 radical (unpaired) electrons. The van der Waals surface area contributed by atoms with Gasteiger partial charge >= 0.3 is 0 Å². The minimum absolute atomic E-state index is 0.199. The zero-order chi connectivity index (χ0) is 19.9. The topological polar surface area (TPSA) is 98.2 Å². The molecule has 142 valence electrons. The maximum absolute atomic E-state index is 14.7. The molecule has 1 aliphatic heterocycles. The number of hydrogen-bond acceptors (Lipinski definition) is 5. The second-order valence-corrected chi connectivity index (χ2v) is 7.12. The van der Waals surface area contributed by atoms with Gasteiger partial charge in [0.2, 0.25) is 0 Å². The third-order valence-corrected chi connectivity index (χ3v) is 4.81. The van der Waals surface area contributed by atoms with Crippen LogP contribution >= 0.6 is 11.6 Å². The van der Waals surface area contributed by atoms with Crippen molar-refractivity contribution in [2.45, 2.75) is 19.0 Å². The van der Waals surface area contributed by atoms with Crippen LogP contribution in [0.5, 0.6) is 0 Å². The number of nitrogens with one attached hydrogen (secondary N) is 1. The van der Waals surface area contributed by atoms with Crippen LogP contribution in [0.15, 0.2) is 54.0 Å². The summed E-state index contributed by atoms with van der Waals surface area (Å²) in [5, 5.41) is 3.15. The predicted octanol–water partition coefficient (Wildman–Crippen LogP) is 2.96. The smallest absolute Gasteiger partial charge is 0.274 e. The first-order chi connectivity index (χ1) is 13.4. The number of aliphatic imine (C=N–C) groups is 1. The lowest BCUT2D eigenvalue weighted by Crippen LogP contribution is -2.37. The van der Waals surface area contributed by atoms with Crippen molar-refractivity contribution in [2.75, 3.05) is 5.32 Å². The minimum Gasteiger partial charge on any atom is -0.382 e. The number of rotatable bonds is 3. The van der Waals surface area contributed by atoms with E-state index < -0.39 is 17.3 Å². The monoisotopic (exact) mass is 398 g/mol. The summed E-state index contributed by atoms with van der Waals surface area (Å²) < 4.78 is 16.5. The van der Waals surface area contributed by atoms with Gasteiger partial charge in [-0.1, -0.05) is 11.6 Å². The number of carbonyl (C=O) groups is 1. The van der Waals surface area contributed by atoms with Crippen LogP contribution in [0.25, 0.3) is 0 Å². The van der Waals surface area contributed by atoms with Crippen molar-refractivity contribution in [1.29, 1.82) is 0 Å². The number of pyridine rings is 1. The number of fused-ring (bicyclic) bond motifs is 1. The lowest BCUT2D eigenvalue weighted by molar-refractivity contribution is 0.102. The molecule has 0 saturated heterocycles. The molecule has 3 N–H and O–H groups in total. The number of imidazole rings is 1. The Balaban J connectivity index is 1.65. The zero-order valence-corrected chi connectivity index (χ0v) is 15.6. The van der Waals surface area contributed by atoms with Crippen molar-refractivity contribution < 1.29 is 9.18 Å². The quantitative estimate of drug-likeness (QED) is 0.708. The van der Waals surface area contributed by atoms with Gasteiger partial charge in [-0.15, -0.1) is 0 Å². The number of hydrogen-bond donors (Lipinski definition) is 2. The highest BCUT2D eigenvalue weighted by Gasteiger charge is 2.34. The molecule has 0 bridgehead atoms. The maximum atomic E-state index is 14.7. The Morgan fingerprint density at radius 2 is 2.14 bits per heavy atom. The van der Waals surface area contributed by atoms with Crippen molar-refractivity contribution in [3.63, 3.8) is 0 Å². The van der Waals surface area contributed by atoms with Crippen LogP contribution in [0.4, 0.5) is 10.1 Å². The van der Waals surface area contributed by atoms with Crippen LogP contribution in [0.3, 0.4) is 0 Å². The van der Waals surface area contributed by atoms with Crippen LogP contribution in [0.1, 0.15) is 28.7 Å². The van der Waals surface area contributed by atoms with Crippen molar-refractivity contribution in [1.82, 2.24) is 14.5 Å². The van der Waals surface area contributed by atoms with E-state index in [1.54, 1.807) is 31.6 Å². The maximum Gasteiger partial charge on any atom is 0.274 e. The lowest BCUT2D eigenvalue weighted by atomic mass is 9.90. The second kappa shape index (κ2) is 6.72. The van der Waals surface area contributed by atoms with Gasteiger partial charge in [-0.05, 0) is 37.3 Å². The Morgan fingerprint density at radius 3 is 2.89 bits per heavy atom. The highest BCUT2D eigenvalue weighted by Crippen LogP contribution is 2.34. The normalized spacial score (nSPS) is 18.3. The molecule has 0 fully saturated rings. The predicted molar refractivity (Wildman–Crippen MR) is 104 cm³/mol.